The second-order valence-electron chi connectivity index (χ2n) is 5.56. The fraction of sp³-hybridized carbons (Fsp3) is 0.571. The lowest BCUT2D eigenvalue weighted by atomic mass is 10.1. The second-order valence-corrected chi connectivity index (χ2v) is 5.56. The van der Waals surface area contributed by atoms with Crippen LogP contribution in [0.2, 0.25) is 0 Å². The number of carbonyl (C=O) groups is 2. The van der Waals surface area contributed by atoms with Crippen molar-refractivity contribution in [1.29, 1.82) is 0 Å². The molecule has 0 saturated carbocycles. The van der Waals surface area contributed by atoms with E-state index in [9.17, 15) is 9.59 Å². The van der Waals surface area contributed by atoms with Crippen molar-refractivity contribution in [2.45, 2.75) is 13.3 Å². The van der Waals surface area contributed by atoms with Crippen molar-refractivity contribution in [1.82, 2.24) is 19.8 Å². The van der Waals surface area contributed by atoms with Gasteiger partial charge in [-0.15, -0.1) is 0 Å². The molecule has 0 N–H and O–H groups in total. The molecule has 112 valence electrons. The number of piperazine rings is 1. The molecule has 2 saturated heterocycles. The van der Waals surface area contributed by atoms with Gasteiger partial charge in [-0.05, 0) is 6.07 Å². The molecule has 7 nitrogen and oxygen atoms in total. The summed E-state index contributed by atoms with van der Waals surface area (Å²) < 4.78 is 0. The molecule has 21 heavy (non-hydrogen) atoms. The molecule has 1 aromatic heterocycles. The van der Waals surface area contributed by atoms with Crippen molar-refractivity contribution in [2.24, 2.45) is 5.92 Å². The van der Waals surface area contributed by atoms with E-state index in [-0.39, 0.29) is 17.7 Å². The van der Waals surface area contributed by atoms with E-state index >= 15 is 0 Å². The smallest absolute Gasteiger partial charge is 0.233 e. The highest BCUT2D eigenvalue weighted by molar-refractivity contribution is 6.03. The van der Waals surface area contributed by atoms with Crippen LogP contribution in [0, 0.1) is 5.92 Å². The lowest BCUT2D eigenvalue weighted by Crippen LogP contribution is -2.51. The van der Waals surface area contributed by atoms with Crippen molar-refractivity contribution in [3.8, 4) is 0 Å². The van der Waals surface area contributed by atoms with Crippen molar-refractivity contribution in [3.05, 3.63) is 18.5 Å². The van der Waals surface area contributed by atoms with Gasteiger partial charge in [-0.3, -0.25) is 19.4 Å². The van der Waals surface area contributed by atoms with Gasteiger partial charge in [0.1, 0.15) is 0 Å². The van der Waals surface area contributed by atoms with Gasteiger partial charge in [-0.1, -0.05) is 6.92 Å². The highest BCUT2D eigenvalue weighted by atomic mass is 16.2. The summed E-state index contributed by atoms with van der Waals surface area (Å²) in [6.45, 7) is 5.41. The minimum Gasteiger partial charge on any atom is -0.338 e. The summed E-state index contributed by atoms with van der Waals surface area (Å²) in [6.07, 6.45) is 3.81. The van der Waals surface area contributed by atoms with Crippen LogP contribution in [0.5, 0.6) is 0 Å². The normalized spacial score (nSPS) is 24.0. The lowest BCUT2D eigenvalue weighted by Gasteiger charge is -2.36. The largest absolute Gasteiger partial charge is 0.338 e. The van der Waals surface area contributed by atoms with E-state index in [1.165, 1.54) is 4.90 Å². The highest BCUT2D eigenvalue weighted by Gasteiger charge is 2.36. The maximum Gasteiger partial charge on any atom is 0.233 e. The minimum absolute atomic E-state index is 0.0474. The monoisotopic (exact) mass is 289 g/mol. The van der Waals surface area contributed by atoms with Crippen LogP contribution in [0.1, 0.15) is 13.3 Å². The second kappa shape index (κ2) is 5.77. The summed E-state index contributed by atoms with van der Waals surface area (Å²) in [5.74, 6) is 0.464. The third-order valence-corrected chi connectivity index (χ3v) is 4.02. The van der Waals surface area contributed by atoms with Crippen LogP contribution < -0.4 is 4.90 Å². The van der Waals surface area contributed by atoms with Gasteiger partial charge in [0.25, 0.3) is 0 Å². The Morgan fingerprint density at radius 2 is 1.81 bits per heavy atom. The molecule has 1 aromatic rings. The summed E-state index contributed by atoms with van der Waals surface area (Å²) in [5.41, 5.74) is 0. The van der Waals surface area contributed by atoms with Gasteiger partial charge in [-0.25, -0.2) is 9.97 Å². The number of nitrogens with zero attached hydrogens (tertiary/aromatic N) is 5. The molecular formula is C14H19N5O2. The molecule has 3 heterocycles. The molecule has 0 spiro atoms. The number of rotatable bonds is 3. The maximum atomic E-state index is 11.9. The first-order valence-electron chi connectivity index (χ1n) is 7.23. The maximum absolute atomic E-state index is 11.9. The first-order valence-corrected chi connectivity index (χ1v) is 7.23. The van der Waals surface area contributed by atoms with E-state index < -0.39 is 0 Å². The number of hydrogen-bond donors (Lipinski definition) is 0. The minimum atomic E-state index is -0.170. The molecule has 0 radical (unpaired) electrons. The topological polar surface area (TPSA) is 69.6 Å². The van der Waals surface area contributed by atoms with E-state index in [0.29, 0.717) is 13.1 Å². The van der Waals surface area contributed by atoms with E-state index in [1.807, 2.05) is 6.92 Å². The van der Waals surface area contributed by atoms with E-state index in [1.54, 1.807) is 18.5 Å². The SMILES string of the molecule is CC1CC(=O)N(CN2CCN(c3ncccn3)CC2)C1=O. The molecule has 7 heteroatoms. The molecule has 1 atom stereocenters. The zero-order valence-corrected chi connectivity index (χ0v) is 12.1. The first kappa shape index (κ1) is 13.9. The van der Waals surface area contributed by atoms with Crippen LogP contribution in [0.25, 0.3) is 0 Å². The Kier molecular flexibility index (Phi) is 3.83. The summed E-state index contributed by atoms with van der Waals surface area (Å²) in [6, 6.07) is 1.80. The third-order valence-electron chi connectivity index (χ3n) is 4.02. The van der Waals surface area contributed by atoms with Crippen LogP contribution in [0.3, 0.4) is 0 Å². The van der Waals surface area contributed by atoms with Gasteiger partial charge in [0.05, 0.1) is 6.67 Å². The summed E-state index contributed by atoms with van der Waals surface area (Å²) in [5, 5.41) is 0. The molecule has 2 aliphatic heterocycles. The van der Waals surface area contributed by atoms with Crippen LogP contribution in [0.15, 0.2) is 18.5 Å². The van der Waals surface area contributed by atoms with Gasteiger partial charge in [0.2, 0.25) is 17.8 Å². The third kappa shape index (κ3) is 2.87. The molecule has 3 rings (SSSR count). The zero-order chi connectivity index (χ0) is 14.8. The van der Waals surface area contributed by atoms with Crippen LogP contribution >= 0.6 is 0 Å². The van der Waals surface area contributed by atoms with Gasteiger partial charge in [0, 0.05) is 50.9 Å². The standard InChI is InChI=1S/C14H19N5O2/c1-11-9-12(20)19(13(11)21)10-17-5-7-18(8-6-17)14-15-3-2-4-16-14/h2-4,11H,5-10H2,1H3. The van der Waals surface area contributed by atoms with Gasteiger partial charge in [-0.2, -0.15) is 0 Å². The van der Waals surface area contributed by atoms with Gasteiger partial charge in [0.15, 0.2) is 0 Å². The number of hydrogen-bond acceptors (Lipinski definition) is 6. The van der Waals surface area contributed by atoms with Crippen LogP contribution in [-0.4, -0.2) is 64.4 Å². The van der Waals surface area contributed by atoms with Crippen LogP contribution in [-0.2, 0) is 9.59 Å². The molecular weight excluding hydrogens is 270 g/mol. The first-order chi connectivity index (χ1) is 10.1. The van der Waals surface area contributed by atoms with Crippen molar-refractivity contribution < 1.29 is 9.59 Å². The quantitative estimate of drug-likeness (QED) is 0.727. The van der Waals surface area contributed by atoms with Crippen molar-refractivity contribution >= 4 is 17.8 Å². The zero-order valence-electron chi connectivity index (χ0n) is 12.1. The van der Waals surface area contributed by atoms with Crippen molar-refractivity contribution in [3.63, 3.8) is 0 Å². The van der Waals surface area contributed by atoms with E-state index in [0.717, 1.165) is 32.1 Å². The average Bonchev–Trinajstić information content (AvgIpc) is 2.75. The molecule has 0 aromatic carbocycles. The van der Waals surface area contributed by atoms with Gasteiger partial charge >= 0.3 is 0 Å². The lowest BCUT2D eigenvalue weighted by molar-refractivity contribution is -0.141. The molecule has 2 aliphatic rings. The number of anilines is 1. The Hall–Kier alpha value is -2.02. The van der Waals surface area contributed by atoms with E-state index in [2.05, 4.69) is 19.8 Å². The Labute approximate surface area is 123 Å². The number of carbonyl (C=O) groups excluding carboxylic acids is 2. The Bertz CT molecular complexity index is 527. The predicted octanol–water partition coefficient (Wildman–Crippen LogP) is -0.0489. The Morgan fingerprint density at radius 3 is 2.38 bits per heavy atom. The van der Waals surface area contributed by atoms with Crippen LogP contribution in [0.4, 0.5) is 5.95 Å². The van der Waals surface area contributed by atoms with Gasteiger partial charge < -0.3 is 4.90 Å². The molecule has 1 unspecified atom stereocenters. The molecule has 2 fully saturated rings. The number of likely N-dealkylation sites (tertiary alicyclic amines) is 1. The Morgan fingerprint density at radius 1 is 1.14 bits per heavy atom. The fourth-order valence-electron chi connectivity index (χ4n) is 2.74. The van der Waals surface area contributed by atoms with E-state index in [4.69, 9.17) is 0 Å². The summed E-state index contributed by atoms with van der Waals surface area (Å²) in [7, 11) is 0. The average molecular weight is 289 g/mol. The predicted molar refractivity (Wildman–Crippen MR) is 76.3 cm³/mol. The summed E-state index contributed by atoms with van der Waals surface area (Å²) >= 11 is 0. The number of aromatic nitrogens is 2. The Balaban J connectivity index is 1.55. The summed E-state index contributed by atoms with van der Waals surface area (Å²) in [4.78, 5) is 37.8. The number of amides is 2. The highest BCUT2D eigenvalue weighted by Crippen LogP contribution is 2.19. The number of imide groups is 1. The molecule has 2 amide bonds. The van der Waals surface area contributed by atoms with Crippen molar-refractivity contribution in [2.75, 3.05) is 37.7 Å². The molecule has 0 bridgehead atoms. The fourth-order valence-corrected chi connectivity index (χ4v) is 2.74. The molecule has 0 aliphatic carbocycles.